The number of carbonyl (C=O) groups excluding carboxylic acids is 1. The maximum absolute atomic E-state index is 11.5. The molecule has 1 aliphatic rings. The molecule has 0 unspecified atom stereocenters. The quantitative estimate of drug-likeness (QED) is 0.769. The van der Waals surface area contributed by atoms with Crippen LogP contribution in [0.4, 0.5) is 0 Å². The van der Waals surface area contributed by atoms with Crippen LogP contribution in [0.5, 0.6) is 5.75 Å². The van der Waals surface area contributed by atoms with Crippen molar-refractivity contribution in [3.05, 3.63) is 29.8 Å². The van der Waals surface area contributed by atoms with Crippen molar-refractivity contribution >= 4 is 5.97 Å². The van der Waals surface area contributed by atoms with Gasteiger partial charge >= 0.3 is 5.97 Å². The Hall–Kier alpha value is -1.59. The molecule has 0 spiro atoms. The van der Waals surface area contributed by atoms with Crippen molar-refractivity contribution < 1.29 is 14.3 Å². The molecule has 0 amide bonds. The minimum Gasteiger partial charge on any atom is -0.492 e. The normalized spacial score (nSPS) is 20.2. The molecule has 0 aromatic heterocycles. The molecule has 0 saturated carbocycles. The SMILES string of the molecule is COC(=O)c1cccc(OCCN2CCN(C)C[C@H]2C)c1. The van der Waals surface area contributed by atoms with Crippen molar-refractivity contribution in [1.82, 2.24) is 9.80 Å². The van der Waals surface area contributed by atoms with Crippen LogP contribution in [0.3, 0.4) is 0 Å². The summed E-state index contributed by atoms with van der Waals surface area (Å²) in [6.07, 6.45) is 0. The van der Waals surface area contributed by atoms with Gasteiger partial charge in [0.15, 0.2) is 0 Å². The number of hydrogen-bond acceptors (Lipinski definition) is 5. The Morgan fingerprint density at radius 1 is 1.38 bits per heavy atom. The van der Waals surface area contributed by atoms with Gasteiger partial charge in [-0.3, -0.25) is 4.90 Å². The fourth-order valence-electron chi connectivity index (χ4n) is 2.62. The van der Waals surface area contributed by atoms with Gasteiger partial charge in [0.25, 0.3) is 0 Å². The number of likely N-dealkylation sites (N-methyl/N-ethyl adjacent to an activating group) is 1. The van der Waals surface area contributed by atoms with Gasteiger partial charge < -0.3 is 14.4 Å². The molecule has 116 valence electrons. The number of carbonyl (C=O) groups is 1. The molecule has 2 rings (SSSR count). The Bertz CT molecular complexity index is 478. The average Bonchev–Trinajstić information content (AvgIpc) is 2.49. The molecule has 0 N–H and O–H groups in total. The first-order valence-electron chi connectivity index (χ1n) is 7.34. The molecule has 1 aromatic carbocycles. The van der Waals surface area contributed by atoms with Gasteiger partial charge in [-0.25, -0.2) is 4.79 Å². The van der Waals surface area contributed by atoms with E-state index in [1.165, 1.54) is 7.11 Å². The minimum atomic E-state index is -0.340. The molecule has 5 nitrogen and oxygen atoms in total. The summed E-state index contributed by atoms with van der Waals surface area (Å²) in [6, 6.07) is 7.66. The Kier molecular flexibility index (Phi) is 5.59. The monoisotopic (exact) mass is 292 g/mol. The van der Waals surface area contributed by atoms with Gasteiger partial charge in [0.2, 0.25) is 0 Å². The molecule has 1 aliphatic heterocycles. The number of ether oxygens (including phenoxy) is 2. The van der Waals surface area contributed by atoms with Crippen LogP contribution in [0.15, 0.2) is 24.3 Å². The number of nitrogens with zero attached hydrogens (tertiary/aromatic N) is 2. The van der Waals surface area contributed by atoms with E-state index in [0.717, 1.165) is 26.2 Å². The van der Waals surface area contributed by atoms with Crippen LogP contribution in [0.2, 0.25) is 0 Å². The second-order valence-corrected chi connectivity index (χ2v) is 5.52. The number of esters is 1. The predicted molar refractivity (Wildman–Crippen MR) is 81.8 cm³/mol. The lowest BCUT2D eigenvalue weighted by Crippen LogP contribution is -2.51. The number of benzene rings is 1. The van der Waals surface area contributed by atoms with Gasteiger partial charge in [0, 0.05) is 32.2 Å². The van der Waals surface area contributed by atoms with Gasteiger partial charge in [0.1, 0.15) is 12.4 Å². The smallest absolute Gasteiger partial charge is 0.337 e. The summed E-state index contributed by atoms with van der Waals surface area (Å²) >= 11 is 0. The number of methoxy groups -OCH3 is 1. The minimum absolute atomic E-state index is 0.340. The highest BCUT2D eigenvalue weighted by atomic mass is 16.5. The third-order valence-electron chi connectivity index (χ3n) is 3.87. The van der Waals surface area contributed by atoms with Crippen LogP contribution < -0.4 is 4.74 Å². The first-order valence-corrected chi connectivity index (χ1v) is 7.34. The Labute approximate surface area is 126 Å². The van der Waals surface area contributed by atoms with Crippen molar-refractivity contribution in [2.24, 2.45) is 0 Å². The molecule has 1 saturated heterocycles. The highest BCUT2D eigenvalue weighted by Crippen LogP contribution is 2.14. The van der Waals surface area contributed by atoms with Gasteiger partial charge in [-0.1, -0.05) is 6.07 Å². The predicted octanol–water partition coefficient (Wildman–Crippen LogP) is 1.49. The van der Waals surface area contributed by atoms with Gasteiger partial charge in [-0.05, 0) is 32.2 Å². The zero-order chi connectivity index (χ0) is 15.2. The first-order chi connectivity index (χ1) is 10.1. The van der Waals surface area contributed by atoms with Crippen molar-refractivity contribution in [1.29, 1.82) is 0 Å². The summed E-state index contributed by atoms with van der Waals surface area (Å²) in [4.78, 5) is 16.3. The van der Waals surface area contributed by atoms with E-state index >= 15 is 0 Å². The molecule has 1 fully saturated rings. The standard InChI is InChI=1S/C16H24N2O3/c1-13-12-17(2)7-8-18(13)9-10-21-15-6-4-5-14(11-15)16(19)20-3/h4-6,11,13H,7-10,12H2,1-3H3/t13-/m1/s1. The van der Waals surface area contributed by atoms with Crippen LogP contribution in [-0.2, 0) is 4.74 Å². The molecule has 1 atom stereocenters. The van der Waals surface area contributed by atoms with E-state index in [-0.39, 0.29) is 5.97 Å². The summed E-state index contributed by atoms with van der Waals surface area (Å²) < 4.78 is 10.5. The van der Waals surface area contributed by atoms with Crippen LogP contribution >= 0.6 is 0 Å². The van der Waals surface area contributed by atoms with E-state index < -0.39 is 0 Å². The van der Waals surface area contributed by atoms with Crippen LogP contribution in [0.1, 0.15) is 17.3 Å². The Balaban J connectivity index is 1.82. The van der Waals surface area contributed by atoms with E-state index in [0.29, 0.717) is 24.0 Å². The van der Waals surface area contributed by atoms with Crippen molar-refractivity contribution in [3.8, 4) is 5.75 Å². The molecular formula is C16H24N2O3. The second-order valence-electron chi connectivity index (χ2n) is 5.52. The van der Waals surface area contributed by atoms with E-state index in [1.807, 2.05) is 6.07 Å². The summed E-state index contributed by atoms with van der Waals surface area (Å²) in [5, 5.41) is 0. The van der Waals surface area contributed by atoms with Gasteiger partial charge in [-0.15, -0.1) is 0 Å². The van der Waals surface area contributed by atoms with E-state index in [1.54, 1.807) is 18.2 Å². The lowest BCUT2D eigenvalue weighted by atomic mass is 10.2. The molecule has 0 bridgehead atoms. The Morgan fingerprint density at radius 3 is 2.90 bits per heavy atom. The van der Waals surface area contributed by atoms with Crippen LogP contribution in [0.25, 0.3) is 0 Å². The third kappa shape index (κ3) is 4.44. The summed E-state index contributed by atoms with van der Waals surface area (Å²) in [5.74, 6) is 0.368. The zero-order valence-electron chi connectivity index (χ0n) is 13.0. The van der Waals surface area contributed by atoms with Crippen molar-refractivity contribution in [3.63, 3.8) is 0 Å². The molecule has 1 aromatic rings. The molecule has 1 heterocycles. The summed E-state index contributed by atoms with van der Waals surface area (Å²) in [6.45, 7) is 7.03. The highest BCUT2D eigenvalue weighted by Gasteiger charge is 2.20. The van der Waals surface area contributed by atoms with E-state index in [9.17, 15) is 4.79 Å². The van der Waals surface area contributed by atoms with Gasteiger partial charge in [0.05, 0.1) is 12.7 Å². The lowest BCUT2D eigenvalue weighted by Gasteiger charge is -2.38. The molecular weight excluding hydrogens is 268 g/mol. The van der Waals surface area contributed by atoms with Crippen molar-refractivity contribution in [2.75, 3.05) is 46.9 Å². The van der Waals surface area contributed by atoms with Gasteiger partial charge in [-0.2, -0.15) is 0 Å². The maximum atomic E-state index is 11.5. The van der Waals surface area contributed by atoms with E-state index in [2.05, 4.69) is 23.8 Å². The topological polar surface area (TPSA) is 42.0 Å². The average molecular weight is 292 g/mol. The maximum Gasteiger partial charge on any atom is 0.337 e. The number of piperazine rings is 1. The molecule has 5 heteroatoms. The zero-order valence-corrected chi connectivity index (χ0v) is 13.0. The van der Waals surface area contributed by atoms with Crippen molar-refractivity contribution in [2.45, 2.75) is 13.0 Å². The third-order valence-corrected chi connectivity index (χ3v) is 3.87. The lowest BCUT2D eigenvalue weighted by molar-refractivity contribution is 0.0600. The fourth-order valence-corrected chi connectivity index (χ4v) is 2.62. The first kappa shape index (κ1) is 15.8. The number of hydrogen-bond donors (Lipinski definition) is 0. The second kappa shape index (κ2) is 7.43. The highest BCUT2D eigenvalue weighted by molar-refractivity contribution is 5.89. The summed E-state index contributed by atoms with van der Waals surface area (Å²) in [7, 11) is 3.53. The molecule has 0 aliphatic carbocycles. The van der Waals surface area contributed by atoms with Crippen LogP contribution in [0, 0.1) is 0 Å². The summed E-state index contributed by atoms with van der Waals surface area (Å²) in [5.41, 5.74) is 0.517. The number of rotatable bonds is 5. The fraction of sp³-hybridized carbons (Fsp3) is 0.562. The van der Waals surface area contributed by atoms with E-state index in [4.69, 9.17) is 9.47 Å². The largest absolute Gasteiger partial charge is 0.492 e. The molecule has 21 heavy (non-hydrogen) atoms. The molecule has 0 radical (unpaired) electrons. The van der Waals surface area contributed by atoms with Crippen LogP contribution in [-0.4, -0.2) is 68.8 Å². The Morgan fingerprint density at radius 2 is 2.19 bits per heavy atom.